The van der Waals surface area contributed by atoms with Gasteiger partial charge in [0.2, 0.25) is 5.95 Å². The number of benzene rings is 2. The topological polar surface area (TPSA) is 93.0 Å². The van der Waals surface area contributed by atoms with Gasteiger partial charge < -0.3 is 10.2 Å². The monoisotopic (exact) mass is 496 g/mol. The molecule has 0 radical (unpaired) electrons. The average molecular weight is 497 g/mol. The Morgan fingerprint density at radius 3 is 2.29 bits per heavy atom. The molecular weight excluding hydrogens is 475 g/mol. The average Bonchev–Trinajstić information content (AvgIpc) is 2.83. The summed E-state index contributed by atoms with van der Waals surface area (Å²) in [6, 6.07) is 12.1. The molecule has 0 aliphatic heterocycles. The van der Waals surface area contributed by atoms with Crippen molar-refractivity contribution in [2.24, 2.45) is 7.05 Å². The Labute approximate surface area is 206 Å². The maximum absolute atomic E-state index is 13.0. The molecule has 0 spiro atoms. The maximum Gasteiger partial charge on any atom is 0.278 e. The van der Waals surface area contributed by atoms with Gasteiger partial charge in [-0.25, -0.2) is 9.97 Å². The van der Waals surface area contributed by atoms with Crippen LogP contribution in [0, 0.1) is 0 Å². The number of nitrogens with one attached hydrogen (secondary N) is 1. The van der Waals surface area contributed by atoms with Crippen molar-refractivity contribution in [1.29, 1.82) is 0 Å². The fourth-order valence-corrected chi connectivity index (χ4v) is 4.16. The lowest BCUT2D eigenvalue weighted by Gasteiger charge is -2.18. The number of aromatic nitrogens is 4. The molecule has 0 aliphatic rings. The minimum Gasteiger partial charge on any atom is -0.339 e. The van der Waals surface area contributed by atoms with Crippen LogP contribution in [0.3, 0.4) is 0 Å². The van der Waals surface area contributed by atoms with Crippen molar-refractivity contribution in [3.05, 3.63) is 74.6 Å². The lowest BCUT2D eigenvalue weighted by molar-refractivity contribution is 0.0773. The number of carbonyl (C=O) groups is 1. The summed E-state index contributed by atoms with van der Waals surface area (Å²) in [5, 5.41) is 3.76. The lowest BCUT2D eigenvalue weighted by Crippen LogP contribution is -2.30. The lowest BCUT2D eigenvalue weighted by atomic mass is 10.1. The van der Waals surface area contributed by atoms with Gasteiger partial charge in [0.25, 0.3) is 11.5 Å². The summed E-state index contributed by atoms with van der Waals surface area (Å²) >= 11 is 12.6. The second-order valence-corrected chi connectivity index (χ2v) is 8.32. The zero-order valence-electron chi connectivity index (χ0n) is 18.8. The first kappa shape index (κ1) is 23.7. The molecule has 0 unspecified atom stereocenters. The second-order valence-electron chi connectivity index (χ2n) is 7.50. The van der Waals surface area contributed by atoms with Gasteiger partial charge in [-0.1, -0.05) is 29.3 Å². The minimum atomic E-state index is -0.383. The van der Waals surface area contributed by atoms with Crippen LogP contribution in [0.4, 0.5) is 11.6 Å². The first-order valence-corrected chi connectivity index (χ1v) is 11.4. The SMILES string of the molecule is CCN(CC)C(=O)c1ccc(Nc2ncc3nc(-c4c(Cl)cccc4Cl)c(=O)n(C)c3n2)cc1. The highest BCUT2D eigenvalue weighted by molar-refractivity contribution is 6.39. The molecule has 0 fully saturated rings. The van der Waals surface area contributed by atoms with E-state index < -0.39 is 0 Å². The van der Waals surface area contributed by atoms with Gasteiger partial charge in [0.05, 0.1) is 16.2 Å². The van der Waals surface area contributed by atoms with Crippen LogP contribution in [0.15, 0.2) is 53.5 Å². The quantitative estimate of drug-likeness (QED) is 0.407. The number of hydrogen-bond acceptors (Lipinski definition) is 6. The summed E-state index contributed by atoms with van der Waals surface area (Å²) in [5.41, 5.74) is 2.19. The summed E-state index contributed by atoms with van der Waals surface area (Å²) in [6.45, 7) is 5.19. The number of halogens is 2. The predicted molar refractivity (Wildman–Crippen MR) is 135 cm³/mol. The van der Waals surface area contributed by atoms with E-state index >= 15 is 0 Å². The van der Waals surface area contributed by atoms with Gasteiger partial charge in [-0.2, -0.15) is 4.98 Å². The van der Waals surface area contributed by atoms with Crippen LogP contribution in [-0.2, 0) is 7.05 Å². The van der Waals surface area contributed by atoms with Gasteiger partial charge in [-0.3, -0.25) is 14.2 Å². The van der Waals surface area contributed by atoms with Crippen LogP contribution >= 0.6 is 23.2 Å². The molecule has 10 heteroatoms. The van der Waals surface area contributed by atoms with Crippen molar-refractivity contribution < 1.29 is 4.79 Å². The molecule has 0 bridgehead atoms. The normalized spacial score (nSPS) is 11.0. The van der Waals surface area contributed by atoms with Gasteiger partial charge in [0.1, 0.15) is 11.2 Å². The summed E-state index contributed by atoms with van der Waals surface area (Å²) in [7, 11) is 1.60. The number of nitrogens with zero attached hydrogens (tertiary/aromatic N) is 5. The molecule has 0 saturated carbocycles. The van der Waals surface area contributed by atoms with Gasteiger partial charge in [-0.05, 0) is 50.2 Å². The molecule has 1 N–H and O–H groups in total. The number of aryl methyl sites for hydroxylation is 1. The van der Waals surface area contributed by atoms with Gasteiger partial charge in [-0.15, -0.1) is 0 Å². The van der Waals surface area contributed by atoms with E-state index in [9.17, 15) is 9.59 Å². The number of fused-ring (bicyclic) bond motifs is 1. The van der Waals surface area contributed by atoms with Crippen molar-refractivity contribution in [2.45, 2.75) is 13.8 Å². The molecule has 174 valence electrons. The smallest absolute Gasteiger partial charge is 0.278 e. The Hall–Kier alpha value is -3.49. The van der Waals surface area contributed by atoms with Crippen LogP contribution in [0.1, 0.15) is 24.2 Å². The van der Waals surface area contributed by atoms with Crippen molar-refractivity contribution in [1.82, 2.24) is 24.4 Å². The zero-order valence-corrected chi connectivity index (χ0v) is 20.4. The van der Waals surface area contributed by atoms with Crippen LogP contribution in [-0.4, -0.2) is 43.4 Å². The largest absolute Gasteiger partial charge is 0.339 e. The van der Waals surface area contributed by atoms with Crippen LogP contribution in [0.5, 0.6) is 0 Å². The van der Waals surface area contributed by atoms with E-state index in [4.69, 9.17) is 23.2 Å². The van der Waals surface area contributed by atoms with E-state index in [2.05, 4.69) is 20.3 Å². The summed E-state index contributed by atoms with van der Waals surface area (Å²) in [4.78, 5) is 40.5. The molecule has 0 aliphatic carbocycles. The Morgan fingerprint density at radius 2 is 1.68 bits per heavy atom. The van der Waals surface area contributed by atoms with Crippen molar-refractivity contribution in [3.63, 3.8) is 0 Å². The summed E-state index contributed by atoms with van der Waals surface area (Å²) in [5.74, 6) is 0.268. The molecule has 34 heavy (non-hydrogen) atoms. The van der Waals surface area contributed by atoms with E-state index in [0.29, 0.717) is 51.1 Å². The molecule has 2 aromatic heterocycles. The van der Waals surface area contributed by atoms with E-state index in [1.165, 1.54) is 10.8 Å². The standard InChI is InChI=1S/C24H22Cl2N6O2/c1-4-32(5-2)22(33)14-9-11-15(12-10-14)28-24-27-13-18-21(30-24)31(3)23(34)20(29-18)19-16(25)7-6-8-17(19)26/h6-13H,4-5H2,1-3H3,(H,27,28,30). The van der Waals surface area contributed by atoms with E-state index in [-0.39, 0.29) is 23.1 Å². The number of carbonyl (C=O) groups excluding carboxylic acids is 1. The molecule has 0 atom stereocenters. The Bertz CT molecular complexity index is 1410. The highest BCUT2D eigenvalue weighted by Gasteiger charge is 2.18. The third-order valence-electron chi connectivity index (χ3n) is 5.45. The van der Waals surface area contributed by atoms with E-state index in [1.54, 1.807) is 54.4 Å². The third kappa shape index (κ3) is 4.47. The van der Waals surface area contributed by atoms with Gasteiger partial charge in [0.15, 0.2) is 5.65 Å². The molecule has 2 aromatic carbocycles. The van der Waals surface area contributed by atoms with Crippen LogP contribution in [0.2, 0.25) is 10.0 Å². The molecule has 4 aromatic rings. The number of hydrogen-bond donors (Lipinski definition) is 1. The summed E-state index contributed by atoms with van der Waals surface area (Å²) in [6.07, 6.45) is 1.52. The Kier molecular flexibility index (Phi) is 6.81. The van der Waals surface area contributed by atoms with Crippen molar-refractivity contribution >= 4 is 51.9 Å². The molecule has 2 heterocycles. The van der Waals surface area contributed by atoms with E-state index in [1.807, 2.05) is 13.8 Å². The number of rotatable bonds is 6. The van der Waals surface area contributed by atoms with Crippen LogP contribution < -0.4 is 10.9 Å². The molecule has 4 rings (SSSR count). The Morgan fingerprint density at radius 1 is 1.03 bits per heavy atom. The predicted octanol–water partition coefficient (Wildman–Crippen LogP) is 4.92. The Balaban J connectivity index is 1.65. The highest BCUT2D eigenvalue weighted by atomic mass is 35.5. The fourth-order valence-electron chi connectivity index (χ4n) is 3.58. The molecule has 1 amide bonds. The minimum absolute atomic E-state index is 0.0194. The molecular formula is C24H22Cl2N6O2. The maximum atomic E-state index is 13.0. The third-order valence-corrected chi connectivity index (χ3v) is 6.08. The molecule has 8 nitrogen and oxygen atoms in total. The first-order chi connectivity index (χ1) is 16.3. The van der Waals surface area contributed by atoms with E-state index in [0.717, 1.165) is 0 Å². The zero-order chi connectivity index (χ0) is 24.4. The fraction of sp³-hybridized carbons (Fsp3) is 0.208. The second kappa shape index (κ2) is 9.79. The first-order valence-electron chi connectivity index (χ1n) is 10.7. The van der Waals surface area contributed by atoms with Crippen molar-refractivity contribution in [2.75, 3.05) is 18.4 Å². The highest BCUT2D eigenvalue weighted by Crippen LogP contribution is 2.32. The van der Waals surface area contributed by atoms with Crippen molar-refractivity contribution in [3.8, 4) is 11.3 Å². The van der Waals surface area contributed by atoms with Gasteiger partial charge >= 0.3 is 0 Å². The van der Waals surface area contributed by atoms with Crippen LogP contribution in [0.25, 0.3) is 22.4 Å². The summed E-state index contributed by atoms with van der Waals surface area (Å²) < 4.78 is 1.38. The van der Waals surface area contributed by atoms with Gasteiger partial charge in [0, 0.05) is 37.0 Å². The number of amides is 1. The number of anilines is 2. The molecule has 0 saturated heterocycles.